The van der Waals surface area contributed by atoms with Crippen LogP contribution in [0.25, 0.3) is 0 Å². The fraction of sp³-hybridized carbons (Fsp3) is 0.778. The highest BCUT2D eigenvalue weighted by Gasteiger charge is 2.06. The summed E-state index contributed by atoms with van der Waals surface area (Å²) in [5.41, 5.74) is 0. The summed E-state index contributed by atoms with van der Waals surface area (Å²) in [6.07, 6.45) is 0.819. The van der Waals surface area contributed by atoms with Gasteiger partial charge in [0.1, 0.15) is 0 Å². The van der Waals surface area contributed by atoms with Crippen molar-refractivity contribution in [3.63, 3.8) is 0 Å². The molecule has 0 aliphatic heterocycles. The predicted molar refractivity (Wildman–Crippen MR) is 49.1 cm³/mol. The third kappa shape index (κ3) is 3.03. The summed E-state index contributed by atoms with van der Waals surface area (Å²) in [5, 5.41) is 7.71. The largest absolute Gasteiger partial charge is 0.425 e. The molecule has 0 aromatic carbocycles. The quantitative estimate of drug-likeness (QED) is 0.685. The van der Waals surface area contributed by atoms with Crippen LogP contribution >= 0.6 is 0 Å². The molecule has 12 heavy (non-hydrogen) atoms. The van der Waals surface area contributed by atoms with Gasteiger partial charge in [-0.25, -0.2) is 0 Å². The van der Waals surface area contributed by atoms with E-state index in [0.29, 0.717) is 5.92 Å². The molecule has 0 fully saturated rings. The molecule has 0 saturated heterocycles. The highest BCUT2D eigenvalue weighted by atomic mass is 16.4. The topological polar surface area (TPSA) is 38.9 Å². The van der Waals surface area contributed by atoms with Crippen molar-refractivity contribution < 1.29 is 4.42 Å². The van der Waals surface area contributed by atoms with Crippen molar-refractivity contribution in [3.05, 3.63) is 11.8 Å². The molecule has 70 valence electrons. The summed E-state index contributed by atoms with van der Waals surface area (Å²) in [6, 6.07) is 0. The molecule has 0 bridgehead atoms. The maximum absolute atomic E-state index is 5.27. The minimum absolute atomic E-state index is 0.341. The Morgan fingerprint density at radius 3 is 2.08 bits per heavy atom. The van der Waals surface area contributed by atoms with E-state index in [-0.39, 0.29) is 0 Å². The fourth-order valence-electron chi connectivity index (χ4n) is 0.643. The number of aromatic nitrogens is 2. The average Bonchev–Trinajstić information content (AvgIpc) is 2.55. The number of rotatable bonds is 2. The van der Waals surface area contributed by atoms with Gasteiger partial charge in [-0.1, -0.05) is 34.6 Å². The second kappa shape index (κ2) is 5.75. The highest BCUT2D eigenvalue weighted by molar-refractivity contribution is 4.86. The number of hydrogen-bond acceptors (Lipinski definition) is 3. The molecule has 3 heteroatoms. The van der Waals surface area contributed by atoms with E-state index in [1.807, 2.05) is 34.6 Å². The Kier molecular flexibility index (Phi) is 5.34. The van der Waals surface area contributed by atoms with E-state index in [1.165, 1.54) is 0 Å². The van der Waals surface area contributed by atoms with Crippen LogP contribution in [0.1, 0.15) is 52.3 Å². The van der Waals surface area contributed by atoms with Crippen molar-refractivity contribution in [2.24, 2.45) is 0 Å². The Labute approximate surface area is 74.2 Å². The molecule has 0 radical (unpaired) electrons. The molecule has 0 amide bonds. The Morgan fingerprint density at radius 1 is 1.25 bits per heavy atom. The molecular formula is C9H18N2O. The second-order valence-corrected chi connectivity index (χ2v) is 2.54. The summed E-state index contributed by atoms with van der Waals surface area (Å²) in [4.78, 5) is 0. The lowest BCUT2D eigenvalue weighted by atomic mass is 10.2. The maximum Gasteiger partial charge on any atom is 0.219 e. The average molecular weight is 170 g/mol. The summed E-state index contributed by atoms with van der Waals surface area (Å²) < 4.78 is 5.27. The third-order valence-electron chi connectivity index (χ3n) is 1.28. The zero-order valence-corrected chi connectivity index (χ0v) is 8.59. The van der Waals surface area contributed by atoms with Crippen LogP contribution in [0.2, 0.25) is 0 Å². The molecule has 0 atom stereocenters. The van der Waals surface area contributed by atoms with Gasteiger partial charge in [0.15, 0.2) is 0 Å². The van der Waals surface area contributed by atoms with Crippen molar-refractivity contribution in [3.8, 4) is 0 Å². The lowest BCUT2D eigenvalue weighted by Gasteiger charge is -1.92. The van der Waals surface area contributed by atoms with Gasteiger partial charge in [0.05, 0.1) is 0 Å². The number of hydrogen-bond donors (Lipinski definition) is 0. The molecule has 0 spiro atoms. The smallest absolute Gasteiger partial charge is 0.219 e. The minimum Gasteiger partial charge on any atom is -0.425 e. The predicted octanol–water partition coefficient (Wildman–Crippen LogP) is 2.78. The van der Waals surface area contributed by atoms with Gasteiger partial charge in [-0.15, -0.1) is 10.2 Å². The van der Waals surface area contributed by atoms with Crippen LogP contribution in [0, 0.1) is 0 Å². The van der Waals surface area contributed by atoms with Crippen LogP contribution in [-0.2, 0) is 6.42 Å². The monoisotopic (exact) mass is 170 g/mol. The summed E-state index contributed by atoms with van der Waals surface area (Å²) >= 11 is 0. The molecule has 0 aliphatic rings. The van der Waals surface area contributed by atoms with E-state index < -0.39 is 0 Å². The first-order valence-corrected chi connectivity index (χ1v) is 4.56. The van der Waals surface area contributed by atoms with Crippen LogP contribution in [0.4, 0.5) is 0 Å². The van der Waals surface area contributed by atoms with Gasteiger partial charge in [-0.3, -0.25) is 0 Å². The fourth-order valence-corrected chi connectivity index (χ4v) is 0.643. The van der Waals surface area contributed by atoms with E-state index >= 15 is 0 Å². The zero-order chi connectivity index (χ0) is 9.56. The van der Waals surface area contributed by atoms with Crippen LogP contribution < -0.4 is 0 Å². The normalized spacial score (nSPS) is 9.50. The van der Waals surface area contributed by atoms with Crippen molar-refractivity contribution in [1.82, 2.24) is 10.2 Å². The third-order valence-corrected chi connectivity index (χ3v) is 1.28. The maximum atomic E-state index is 5.27. The van der Waals surface area contributed by atoms with Crippen molar-refractivity contribution in [1.29, 1.82) is 0 Å². The van der Waals surface area contributed by atoms with Gasteiger partial charge in [0.2, 0.25) is 11.8 Å². The van der Waals surface area contributed by atoms with E-state index in [9.17, 15) is 0 Å². The van der Waals surface area contributed by atoms with Crippen molar-refractivity contribution in [2.75, 3.05) is 0 Å². The Bertz CT molecular complexity index is 206. The van der Waals surface area contributed by atoms with Gasteiger partial charge in [-0.2, -0.15) is 0 Å². The van der Waals surface area contributed by atoms with Crippen LogP contribution in [0.5, 0.6) is 0 Å². The Morgan fingerprint density at radius 2 is 1.83 bits per heavy atom. The van der Waals surface area contributed by atoms with Crippen molar-refractivity contribution >= 4 is 0 Å². The van der Waals surface area contributed by atoms with Crippen molar-refractivity contribution in [2.45, 2.75) is 47.0 Å². The van der Waals surface area contributed by atoms with Gasteiger partial charge in [0.25, 0.3) is 0 Å². The molecular weight excluding hydrogens is 152 g/mol. The van der Waals surface area contributed by atoms with Crippen LogP contribution in [0.3, 0.4) is 0 Å². The van der Waals surface area contributed by atoms with Gasteiger partial charge in [-0.05, 0) is 0 Å². The van der Waals surface area contributed by atoms with E-state index in [0.717, 1.165) is 18.2 Å². The molecule has 0 unspecified atom stereocenters. The van der Waals surface area contributed by atoms with Crippen LogP contribution in [-0.4, -0.2) is 10.2 Å². The Hall–Kier alpha value is -0.860. The molecule has 1 rings (SSSR count). The first-order chi connectivity index (χ1) is 5.74. The van der Waals surface area contributed by atoms with Crippen LogP contribution in [0.15, 0.2) is 4.42 Å². The molecule has 1 heterocycles. The van der Waals surface area contributed by atoms with E-state index in [1.54, 1.807) is 0 Å². The summed E-state index contributed by atoms with van der Waals surface area (Å²) in [5.74, 6) is 1.80. The zero-order valence-electron chi connectivity index (χ0n) is 8.59. The molecule has 3 nitrogen and oxygen atoms in total. The van der Waals surface area contributed by atoms with Gasteiger partial charge >= 0.3 is 0 Å². The first-order valence-electron chi connectivity index (χ1n) is 4.56. The number of nitrogens with zero attached hydrogens (tertiary/aromatic N) is 2. The lowest BCUT2D eigenvalue weighted by molar-refractivity contribution is 0.436. The minimum atomic E-state index is 0.341. The molecule has 0 N–H and O–H groups in total. The second-order valence-electron chi connectivity index (χ2n) is 2.54. The highest BCUT2D eigenvalue weighted by Crippen LogP contribution is 2.11. The van der Waals surface area contributed by atoms with E-state index in [2.05, 4.69) is 10.2 Å². The van der Waals surface area contributed by atoms with Gasteiger partial charge in [0, 0.05) is 12.3 Å². The molecule has 1 aromatic heterocycles. The van der Waals surface area contributed by atoms with E-state index in [4.69, 9.17) is 4.42 Å². The van der Waals surface area contributed by atoms with Gasteiger partial charge < -0.3 is 4.42 Å². The molecule has 1 aromatic rings. The number of aryl methyl sites for hydroxylation is 1. The SMILES string of the molecule is CC.CCc1nnc(C(C)C)o1. The molecule has 0 aliphatic carbocycles. The Balaban J connectivity index is 0.000000561. The first kappa shape index (κ1) is 11.1. The summed E-state index contributed by atoms with van der Waals surface area (Å²) in [6.45, 7) is 10.1. The molecule has 0 saturated carbocycles. The summed E-state index contributed by atoms with van der Waals surface area (Å²) in [7, 11) is 0. The standard InChI is InChI=1S/C7H12N2O.C2H6/c1-4-6-8-9-7(10-6)5(2)3;1-2/h5H,4H2,1-3H3;1-2H3. The lowest BCUT2D eigenvalue weighted by Crippen LogP contribution is -1.85.